The van der Waals surface area contributed by atoms with Crippen LogP contribution in [-0.4, -0.2) is 48.8 Å². The van der Waals surface area contributed by atoms with E-state index in [1.54, 1.807) is 17.0 Å². The highest BCUT2D eigenvalue weighted by Crippen LogP contribution is 2.17. The van der Waals surface area contributed by atoms with Gasteiger partial charge in [0.1, 0.15) is 5.82 Å². The highest BCUT2D eigenvalue weighted by molar-refractivity contribution is 9.10. The van der Waals surface area contributed by atoms with E-state index in [9.17, 15) is 13.2 Å². The molecule has 6 nitrogen and oxygen atoms in total. The van der Waals surface area contributed by atoms with Gasteiger partial charge in [-0.15, -0.1) is 0 Å². The molecule has 0 unspecified atom stereocenters. The second-order valence-corrected chi connectivity index (χ2v) is 9.52. The van der Waals surface area contributed by atoms with Crippen molar-refractivity contribution in [1.29, 1.82) is 0 Å². The van der Waals surface area contributed by atoms with E-state index >= 15 is 0 Å². The number of pyridine rings is 1. The van der Waals surface area contributed by atoms with Crippen molar-refractivity contribution in [3.8, 4) is 0 Å². The Balaban J connectivity index is 1.60. The van der Waals surface area contributed by atoms with E-state index in [2.05, 4.69) is 45.3 Å². The summed E-state index contributed by atoms with van der Waals surface area (Å²) in [7, 11) is -3.00. The smallest absolute Gasteiger partial charge is 0.255 e. The number of nitrogens with one attached hydrogen (secondary N) is 1. The van der Waals surface area contributed by atoms with E-state index in [1.807, 2.05) is 6.07 Å². The van der Waals surface area contributed by atoms with Gasteiger partial charge < -0.3 is 10.2 Å². The highest BCUT2D eigenvalue weighted by Gasteiger charge is 2.25. The van der Waals surface area contributed by atoms with Gasteiger partial charge in [-0.05, 0) is 42.3 Å². The van der Waals surface area contributed by atoms with Crippen LogP contribution in [0.2, 0.25) is 0 Å². The largest absolute Gasteiger partial charge is 0.366 e. The molecule has 3 rings (SSSR count). The van der Waals surface area contributed by atoms with Gasteiger partial charge in [0.05, 0.1) is 17.1 Å². The normalized spacial score (nSPS) is 16.3. The number of amides is 1. The maximum absolute atomic E-state index is 12.4. The molecule has 8 heteroatoms. The molecule has 0 radical (unpaired) electrons. The monoisotopic (exact) mass is 437 g/mol. The van der Waals surface area contributed by atoms with Gasteiger partial charge in [-0.3, -0.25) is 4.79 Å². The van der Waals surface area contributed by atoms with Gasteiger partial charge in [0.2, 0.25) is 0 Å². The van der Waals surface area contributed by atoms with E-state index in [0.29, 0.717) is 17.9 Å². The number of benzene rings is 1. The average molecular weight is 438 g/mol. The minimum atomic E-state index is -3.00. The number of hydrogen-bond donors (Lipinski definition) is 1. The van der Waals surface area contributed by atoms with Crippen LogP contribution in [0.1, 0.15) is 21.5 Å². The number of sulfone groups is 1. The molecule has 0 atom stereocenters. The van der Waals surface area contributed by atoms with Gasteiger partial charge >= 0.3 is 0 Å². The van der Waals surface area contributed by atoms with Crippen molar-refractivity contribution in [3.63, 3.8) is 0 Å². The summed E-state index contributed by atoms with van der Waals surface area (Å²) in [4.78, 5) is 18.3. The van der Waals surface area contributed by atoms with Gasteiger partial charge in [0.15, 0.2) is 9.84 Å². The Morgan fingerprint density at radius 3 is 2.58 bits per heavy atom. The molecule has 0 aliphatic carbocycles. The molecule has 1 amide bonds. The Labute approximate surface area is 161 Å². The summed E-state index contributed by atoms with van der Waals surface area (Å²) < 4.78 is 24.0. The second-order valence-electron chi connectivity index (χ2n) is 6.30. The molecule has 1 aromatic carbocycles. The van der Waals surface area contributed by atoms with E-state index in [0.717, 1.165) is 4.47 Å². The van der Waals surface area contributed by atoms with Crippen LogP contribution in [-0.2, 0) is 16.4 Å². The van der Waals surface area contributed by atoms with E-state index < -0.39 is 9.84 Å². The topological polar surface area (TPSA) is 79.4 Å². The van der Waals surface area contributed by atoms with Crippen molar-refractivity contribution < 1.29 is 13.2 Å². The van der Waals surface area contributed by atoms with Crippen molar-refractivity contribution in [1.82, 2.24) is 9.88 Å². The van der Waals surface area contributed by atoms with Crippen LogP contribution in [0.5, 0.6) is 0 Å². The van der Waals surface area contributed by atoms with Crippen LogP contribution in [0, 0.1) is 6.92 Å². The SMILES string of the molecule is Cc1cc(Br)ccc1CNc1ccc(C(=O)N2CCS(=O)(=O)CC2)cn1. The summed E-state index contributed by atoms with van der Waals surface area (Å²) in [5.74, 6) is 0.559. The number of carbonyl (C=O) groups excluding carboxylic acids is 1. The number of carbonyl (C=O) groups is 1. The fraction of sp³-hybridized carbons (Fsp3) is 0.333. The summed E-state index contributed by atoms with van der Waals surface area (Å²) in [6.07, 6.45) is 1.53. The van der Waals surface area contributed by atoms with Crippen LogP contribution in [0.3, 0.4) is 0 Å². The van der Waals surface area contributed by atoms with Gasteiger partial charge in [-0.25, -0.2) is 13.4 Å². The maximum Gasteiger partial charge on any atom is 0.255 e. The summed E-state index contributed by atoms with van der Waals surface area (Å²) in [6.45, 7) is 3.17. The predicted octanol–water partition coefficient (Wildman–Crippen LogP) is 2.64. The molecule has 1 aliphatic rings. The molecular weight excluding hydrogens is 418 g/mol. The zero-order chi connectivity index (χ0) is 18.7. The van der Waals surface area contributed by atoms with Gasteiger partial charge in [-0.2, -0.15) is 0 Å². The average Bonchev–Trinajstić information content (AvgIpc) is 2.61. The summed E-state index contributed by atoms with van der Waals surface area (Å²) in [5, 5.41) is 3.25. The number of aromatic nitrogens is 1. The zero-order valence-corrected chi connectivity index (χ0v) is 16.8. The number of aryl methyl sites for hydroxylation is 1. The third-order valence-electron chi connectivity index (χ3n) is 4.41. The summed E-state index contributed by atoms with van der Waals surface area (Å²) in [6, 6.07) is 9.59. The number of halogens is 1. The van der Waals surface area contributed by atoms with Crippen molar-refractivity contribution in [2.75, 3.05) is 29.9 Å². The van der Waals surface area contributed by atoms with Gasteiger partial charge in [0.25, 0.3) is 5.91 Å². The third-order valence-corrected chi connectivity index (χ3v) is 6.51. The molecule has 0 saturated carbocycles. The highest BCUT2D eigenvalue weighted by atomic mass is 79.9. The van der Waals surface area contributed by atoms with E-state index in [4.69, 9.17) is 0 Å². The Bertz CT molecular complexity index is 900. The summed E-state index contributed by atoms with van der Waals surface area (Å²) >= 11 is 3.45. The molecule has 1 aromatic heterocycles. The lowest BCUT2D eigenvalue weighted by molar-refractivity contribution is 0.0770. The molecule has 138 valence electrons. The molecule has 26 heavy (non-hydrogen) atoms. The van der Waals surface area contributed by atoms with E-state index in [1.165, 1.54) is 17.3 Å². The zero-order valence-electron chi connectivity index (χ0n) is 14.4. The lowest BCUT2D eigenvalue weighted by Gasteiger charge is -2.26. The van der Waals surface area contributed by atoms with Crippen LogP contribution < -0.4 is 5.32 Å². The number of rotatable bonds is 4. The predicted molar refractivity (Wildman–Crippen MR) is 105 cm³/mol. The summed E-state index contributed by atoms with van der Waals surface area (Å²) in [5.41, 5.74) is 2.82. The molecule has 1 aliphatic heterocycles. The first-order valence-corrected chi connectivity index (χ1v) is 10.9. The standard InChI is InChI=1S/C18H20BrN3O3S/c1-13-10-16(19)4-2-14(13)11-20-17-5-3-15(12-21-17)18(23)22-6-8-26(24,25)9-7-22/h2-5,10,12H,6-9,11H2,1H3,(H,20,21). The first-order valence-electron chi connectivity index (χ1n) is 8.29. The fourth-order valence-electron chi connectivity index (χ4n) is 2.77. The van der Waals surface area contributed by atoms with Crippen LogP contribution in [0.25, 0.3) is 0 Å². The molecular formula is C18H20BrN3O3S. The molecule has 1 N–H and O–H groups in total. The van der Waals surface area contributed by atoms with Crippen molar-refractivity contribution in [3.05, 3.63) is 57.7 Å². The first-order chi connectivity index (χ1) is 12.3. The fourth-order valence-corrected chi connectivity index (χ4v) is 4.44. The van der Waals surface area contributed by atoms with Crippen LogP contribution >= 0.6 is 15.9 Å². The molecule has 1 saturated heterocycles. The Morgan fingerprint density at radius 1 is 1.23 bits per heavy atom. The molecule has 1 fully saturated rings. The van der Waals surface area contributed by atoms with Crippen molar-refractivity contribution in [2.24, 2.45) is 0 Å². The number of hydrogen-bond acceptors (Lipinski definition) is 5. The maximum atomic E-state index is 12.4. The van der Waals surface area contributed by atoms with Gasteiger partial charge in [-0.1, -0.05) is 22.0 Å². The molecule has 2 aromatic rings. The van der Waals surface area contributed by atoms with Crippen LogP contribution in [0.4, 0.5) is 5.82 Å². The number of anilines is 1. The second kappa shape index (κ2) is 7.75. The van der Waals surface area contributed by atoms with Gasteiger partial charge in [0, 0.05) is 30.3 Å². The minimum absolute atomic E-state index is 0.0261. The Kier molecular flexibility index (Phi) is 5.62. The lowest BCUT2D eigenvalue weighted by Crippen LogP contribution is -2.43. The minimum Gasteiger partial charge on any atom is -0.366 e. The Morgan fingerprint density at radius 2 is 1.96 bits per heavy atom. The Hall–Kier alpha value is -1.93. The van der Waals surface area contributed by atoms with E-state index in [-0.39, 0.29) is 30.5 Å². The molecule has 2 heterocycles. The van der Waals surface area contributed by atoms with Crippen molar-refractivity contribution in [2.45, 2.75) is 13.5 Å². The quantitative estimate of drug-likeness (QED) is 0.794. The van der Waals surface area contributed by atoms with Crippen LogP contribution in [0.15, 0.2) is 41.0 Å². The molecule has 0 bridgehead atoms. The third kappa shape index (κ3) is 4.62. The number of nitrogens with zero attached hydrogens (tertiary/aromatic N) is 2. The lowest BCUT2D eigenvalue weighted by atomic mass is 10.1. The molecule has 0 spiro atoms. The first kappa shape index (κ1) is 18.8. The van der Waals surface area contributed by atoms with Crippen molar-refractivity contribution >= 4 is 37.5 Å².